The van der Waals surface area contributed by atoms with Crippen molar-refractivity contribution in [2.24, 2.45) is 0 Å². The van der Waals surface area contributed by atoms with Crippen molar-refractivity contribution in [2.45, 2.75) is 32.7 Å². The smallest absolute Gasteiger partial charge is 0.319 e. The summed E-state index contributed by atoms with van der Waals surface area (Å²) in [5, 5.41) is 5.73. The molecule has 1 aromatic heterocycles. The van der Waals surface area contributed by atoms with Crippen molar-refractivity contribution in [3.63, 3.8) is 0 Å². The van der Waals surface area contributed by atoms with Crippen LogP contribution in [0.3, 0.4) is 0 Å². The maximum Gasteiger partial charge on any atom is 0.319 e. The number of rotatable bonds is 4. The van der Waals surface area contributed by atoms with E-state index in [9.17, 15) is 4.79 Å². The van der Waals surface area contributed by atoms with Gasteiger partial charge in [-0.1, -0.05) is 37.6 Å². The molecule has 2 amide bonds. The molecule has 0 aliphatic rings. The van der Waals surface area contributed by atoms with E-state index in [2.05, 4.69) is 24.5 Å². The standard InChI is InChI=1S/C16H19ClN2OS/c1-10(2)12-4-6-13(7-5-12)19-16(20)18-11(3)14-8-9-15(17)21-14/h4-11H,1-3H3,(H2,18,19,20)/t11-/m0/s1. The second kappa shape index (κ2) is 6.96. The van der Waals surface area contributed by atoms with Gasteiger partial charge >= 0.3 is 6.03 Å². The van der Waals surface area contributed by atoms with Crippen LogP contribution in [0.1, 0.15) is 43.2 Å². The van der Waals surface area contributed by atoms with Gasteiger partial charge in [0.05, 0.1) is 10.4 Å². The summed E-state index contributed by atoms with van der Waals surface area (Å²) in [5.74, 6) is 0.483. The number of carbonyl (C=O) groups is 1. The number of benzene rings is 1. The van der Waals surface area contributed by atoms with E-state index < -0.39 is 0 Å². The summed E-state index contributed by atoms with van der Waals surface area (Å²) in [6, 6.07) is 11.4. The molecule has 1 atom stereocenters. The van der Waals surface area contributed by atoms with E-state index in [-0.39, 0.29) is 12.1 Å². The number of urea groups is 1. The first-order valence-corrected chi connectivity index (χ1v) is 8.08. The highest BCUT2D eigenvalue weighted by molar-refractivity contribution is 7.16. The van der Waals surface area contributed by atoms with Gasteiger partial charge in [0.25, 0.3) is 0 Å². The van der Waals surface area contributed by atoms with Gasteiger partial charge in [-0.3, -0.25) is 0 Å². The highest BCUT2D eigenvalue weighted by Crippen LogP contribution is 2.26. The number of amides is 2. The maximum atomic E-state index is 12.0. The van der Waals surface area contributed by atoms with Crippen LogP contribution in [0.15, 0.2) is 36.4 Å². The fourth-order valence-electron chi connectivity index (χ4n) is 1.95. The van der Waals surface area contributed by atoms with E-state index >= 15 is 0 Å². The predicted molar refractivity (Wildman–Crippen MR) is 90.4 cm³/mol. The molecular weight excluding hydrogens is 304 g/mol. The minimum Gasteiger partial charge on any atom is -0.331 e. The molecule has 0 bridgehead atoms. The Bertz CT molecular complexity index is 607. The second-order valence-corrected chi connectivity index (χ2v) is 6.99. The summed E-state index contributed by atoms with van der Waals surface area (Å²) in [5.41, 5.74) is 2.04. The fourth-order valence-corrected chi connectivity index (χ4v) is 3.01. The van der Waals surface area contributed by atoms with Crippen molar-refractivity contribution in [2.75, 3.05) is 5.32 Å². The molecule has 0 saturated carbocycles. The highest BCUT2D eigenvalue weighted by Gasteiger charge is 2.11. The molecule has 1 aromatic carbocycles. The van der Waals surface area contributed by atoms with Gasteiger partial charge in [-0.15, -0.1) is 11.3 Å². The lowest BCUT2D eigenvalue weighted by Crippen LogP contribution is -2.30. The van der Waals surface area contributed by atoms with E-state index in [1.807, 2.05) is 43.3 Å². The van der Waals surface area contributed by atoms with Crippen LogP contribution in [0, 0.1) is 0 Å². The van der Waals surface area contributed by atoms with E-state index in [0.717, 1.165) is 14.9 Å². The molecule has 2 aromatic rings. The first-order chi connectivity index (χ1) is 9.95. The fraction of sp³-hybridized carbons (Fsp3) is 0.312. The Morgan fingerprint density at radius 1 is 1.10 bits per heavy atom. The summed E-state index contributed by atoms with van der Waals surface area (Å²) in [4.78, 5) is 13.0. The Morgan fingerprint density at radius 3 is 2.29 bits per heavy atom. The molecule has 0 aliphatic carbocycles. The minimum absolute atomic E-state index is 0.0718. The normalized spacial score (nSPS) is 12.2. The van der Waals surface area contributed by atoms with Crippen LogP contribution in [-0.2, 0) is 0 Å². The summed E-state index contributed by atoms with van der Waals surface area (Å²) >= 11 is 7.37. The number of hydrogen-bond acceptors (Lipinski definition) is 2. The monoisotopic (exact) mass is 322 g/mol. The Hall–Kier alpha value is -1.52. The third kappa shape index (κ3) is 4.48. The third-order valence-electron chi connectivity index (χ3n) is 3.20. The molecule has 112 valence electrons. The van der Waals surface area contributed by atoms with Crippen LogP contribution in [0.5, 0.6) is 0 Å². The molecule has 5 heteroatoms. The second-order valence-electron chi connectivity index (χ2n) is 5.24. The van der Waals surface area contributed by atoms with Gasteiger partial charge in [0.15, 0.2) is 0 Å². The average Bonchev–Trinajstić information content (AvgIpc) is 2.86. The minimum atomic E-state index is -0.218. The zero-order valence-electron chi connectivity index (χ0n) is 12.3. The Kier molecular flexibility index (Phi) is 5.26. The highest BCUT2D eigenvalue weighted by atomic mass is 35.5. The number of carbonyl (C=O) groups excluding carboxylic acids is 1. The lowest BCUT2D eigenvalue weighted by Gasteiger charge is -2.13. The number of anilines is 1. The summed E-state index contributed by atoms with van der Waals surface area (Å²) in [6.07, 6.45) is 0. The molecule has 1 heterocycles. The zero-order chi connectivity index (χ0) is 15.4. The summed E-state index contributed by atoms with van der Waals surface area (Å²) in [6.45, 7) is 6.22. The SMILES string of the molecule is CC(C)c1ccc(NC(=O)N[C@@H](C)c2ccc(Cl)s2)cc1. The number of halogens is 1. The molecule has 21 heavy (non-hydrogen) atoms. The van der Waals surface area contributed by atoms with Gasteiger partial charge in [0.1, 0.15) is 0 Å². The van der Waals surface area contributed by atoms with Gasteiger partial charge in [-0.05, 0) is 42.7 Å². The molecule has 2 N–H and O–H groups in total. The molecular formula is C16H19ClN2OS. The van der Waals surface area contributed by atoms with Crippen LogP contribution in [0.4, 0.5) is 10.5 Å². The molecule has 0 aliphatic heterocycles. The van der Waals surface area contributed by atoms with E-state index in [1.54, 1.807) is 0 Å². The molecule has 0 unspecified atom stereocenters. The van der Waals surface area contributed by atoms with Crippen LogP contribution in [0.25, 0.3) is 0 Å². The van der Waals surface area contributed by atoms with Crippen molar-refractivity contribution in [1.29, 1.82) is 0 Å². The first-order valence-electron chi connectivity index (χ1n) is 6.88. The van der Waals surface area contributed by atoms with Crippen molar-refractivity contribution in [3.05, 3.63) is 51.2 Å². The van der Waals surface area contributed by atoms with Crippen LogP contribution in [-0.4, -0.2) is 6.03 Å². The van der Waals surface area contributed by atoms with Crippen molar-refractivity contribution < 1.29 is 4.79 Å². The molecule has 0 fully saturated rings. The van der Waals surface area contributed by atoms with E-state index in [1.165, 1.54) is 16.9 Å². The molecule has 0 saturated heterocycles. The van der Waals surface area contributed by atoms with Crippen LogP contribution >= 0.6 is 22.9 Å². The number of nitrogens with one attached hydrogen (secondary N) is 2. The van der Waals surface area contributed by atoms with Crippen LogP contribution in [0.2, 0.25) is 4.34 Å². The lowest BCUT2D eigenvalue weighted by molar-refractivity contribution is 0.249. The Balaban J connectivity index is 1.92. The van der Waals surface area contributed by atoms with E-state index in [0.29, 0.717) is 5.92 Å². The molecule has 0 radical (unpaired) electrons. The van der Waals surface area contributed by atoms with Crippen molar-refractivity contribution >= 4 is 34.7 Å². The summed E-state index contributed by atoms with van der Waals surface area (Å²) in [7, 11) is 0. The van der Waals surface area contributed by atoms with Crippen LogP contribution < -0.4 is 10.6 Å². The largest absolute Gasteiger partial charge is 0.331 e. The van der Waals surface area contributed by atoms with Gasteiger partial charge in [0, 0.05) is 10.6 Å². The van der Waals surface area contributed by atoms with Gasteiger partial charge in [-0.2, -0.15) is 0 Å². The van der Waals surface area contributed by atoms with Gasteiger partial charge in [-0.25, -0.2) is 4.79 Å². The van der Waals surface area contributed by atoms with Crippen molar-refractivity contribution in [3.8, 4) is 0 Å². The molecule has 3 nitrogen and oxygen atoms in total. The number of thiophene rings is 1. The first kappa shape index (κ1) is 15.9. The predicted octanol–water partition coefficient (Wildman–Crippen LogP) is 5.41. The van der Waals surface area contributed by atoms with E-state index in [4.69, 9.17) is 11.6 Å². The Morgan fingerprint density at radius 2 is 1.76 bits per heavy atom. The van der Waals surface area contributed by atoms with Gasteiger partial charge in [0.2, 0.25) is 0 Å². The topological polar surface area (TPSA) is 41.1 Å². The maximum absolute atomic E-state index is 12.0. The van der Waals surface area contributed by atoms with Gasteiger partial charge < -0.3 is 10.6 Å². The molecule has 2 rings (SSSR count). The lowest BCUT2D eigenvalue weighted by atomic mass is 10.0. The Labute approximate surface area is 134 Å². The average molecular weight is 323 g/mol. The third-order valence-corrected chi connectivity index (χ3v) is 4.62. The molecule has 0 spiro atoms. The van der Waals surface area contributed by atoms with Crippen molar-refractivity contribution in [1.82, 2.24) is 5.32 Å². The summed E-state index contributed by atoms with van der Waals surface area (Å²) < 4.78 is 0.725. The number of hydrogen-bond donors (Lipinski definition) is 2. The zero-order valence-corrected chi connectivity index (χ0v) is 13.9. The quantitative estimate of drug-likeness (QED) is 0.776.